The maximum atomic E-state index is 11.8. The number of ether oxygens (including phenoxy) is 2. The molecule has 5 aliphatic rings. The predicted molar refractivity (Wildman–Crippen MR) is 102 cm³/mol. The second kappa shape index (κ2) is 6.19. The molecule has 1 heterocycles. The number of rotatable bonds is 2. The van der Waals surface area contributed by atoms with Crippen LogP contribution in [-0.2, 0) is 9.47 Å². The lowest BCUT2D eigenvalue weighted by atomic mass is 9.43. The van der Waals surface area contributed by atoms with E-state index in [2.05, 4.69) is 13.8 Å². The van der Waals surface area contributed by atoms with E-state index in [1.165, 1.54) is 57.8 Å². The van der Waals surface area contributed by atoms with Crippen LogP contribution in [0.2, 0.25) is 0 Å². The highest BCUT2D eigenvalue weighted by Crippen LogP contribution is 2.68. The van der Waals surface area contributed by atoms with Gasteiger partial charge >= 0.3 is 0 Å². The molecular weight excluding hydrogens is 324 g/mol. The maximum Gasteiger partial charge on any atom is 0.158 e. The third kappa shape index (κ3) is 2.49. The zero-order valence-electron chi connectivity index (χ0n) is 16.8. The molecule has 26 heavy (non-hydrogen) atoms. The van der Waals surface area contributed by atoms with Crippen molar-refractivity contribution in [2.75, 3.05) is 13.2 Å². The highest BCUT2D eigenvalue weighted by atomic mass is 16.7. The van der Waals surface area contributed by atoms with Crippen molar-refractivity contribution in [3.05, 3.63) is 0 Å². The number of aliphatic hydroxyl groups is 1. The number of fused-ring (bicyclic) bond motifs is 5. The first-order valence-electron chi connectivity index (χ1n) is 11.4. The van der Waals surface area contributed by atoms with Gasteiger partial charge in [-0.3, -0.25) is 0 Å². The Balaban J connectivity index is 1.37. The molecule has 0 aromatic rings. The first-order valence-corrected chi connectivity index (χ1v) is 11.4. The quantitative estimate of drug-likeness (QED) is 0.758. The third-order valence-electron chi connectivity index (χ3n) is 9.91. The van der Waals surface area contributed by atoms with Crippen molar-refractivity contribution >= 4 is 0 Å². The SMILES string of the molecule is C[C@]12CC(CC3OCCO3)CC[C@H]1CC[C@@H]1[C@@H]2CC[C@]2(C)CCC[C@]12O. The molecule has 7 atom stereocenters. The minimum atomic E-state index is -0.380. The Morgan fingerprint density at radius 2 is 1.65 bits per heavy atom. The molecule has 1 unspecified atom stereocenters. The standard InChI is InChI=1S/C23H38O3/c1-21-9-3-10-23(21,24)19-7-6-17-5-4-16(14-20-25-12-13-26-20)15-22(17,2)18(19)8-11-21/h16-20,24H,3-15H2,1-2H3/t16?,17-,18-,19+,21-,22-,23-/m0/s1. The van der Waals surface area contributed by atoms with E-state index in [0.717, 1.165) is 43.8 Å². The summed E-state index contributed by atoms with van der Waals surface area (Å²) in [7, 11) is 0. The fourth-order valence-electron chi connectivity index (χ4n) is 8.46. The van der Waals surface area contributed by atoms with Crippen molar-refractivity contribution in [1.82, 2.24) is 0 Å². The molecular formula is C23H38O3. The van der Waals surface area contributed by atoms with Gasteiger partial charge in [-0.05, 0) is 98.7 Å². The Bertz CT molecular complexity index is 544. The Morgan fingerprint density at radius 1 is 0.885 bits per heavy atom. The van der Waals surface area contributed by atoms with Crippen molar-refractivity contribution in [2.24, 2.45) is 34.5 Å². The molecule has 0 spiro atoms. The van der Waals surface area contributed by atoms with Crippen LogP contribution in [0, 0.1) is 34.5 Å². The smallest absolute Gasteiger partial charge is 0.158 e. The van der Waals surface area contributed by atoms with E-state index in [1.807, 2.05) is 0 Å². The normalized spacial score (nSPS) is 54.6. The fraction of sp³-hybridized carbons (Fsp3) is 1.00. The lowest BCUT2D eigenvalue weighted by molar-refractivity contribution is -0.202. The Labute approximate surface area is 159 Å². The number of hydrogen-bond donors (Lipinski definition) is 1. The molecule has 0 amide bonds. The van der Waals surface area contributed by atoms with Crippen LogP contribution in [0.15, 0.2) is 0 Å². The Hall–Kier alpha value is -0.120. The molecule has 5 rings (SSSR count). The summed E-state index contributed by atoms with van der Waals surface area (Å²) in [5.74, 6) is 2.89. The van der Waals surface area contributed by atoms with Crippen molar-refractivity contribution in [2.45, 2.75) is 96.4 Å². The van der Waals surface area contributed by atoms with Gasteiger partial charge in [0.25, 0.3) is 0 Å². The molecule has 0 radical (unpaired) electrons. The molecule has 4 saturated carbocycles. The highest BCUT2D eigenvalue weighted by Gasteiger charge is 2.64. The molecule has 4 aliphatic carbocycles. The first-order chi connectivity index (χ1) is 12.4. The van der Waals surface area contributed by atoms with E-state index in [4.69, 9.17) is 9.47 Å². The molecule has 1 saturated heterocycles. The van der Waals surface area contributed by atoms with E-state index >= 15 is 0 Å². The van der Waals surface area contributed by atoms with E-state index in [0.29, 0.717) is 11.3 Å². The molecule has 0 aromatic carbocycles. The van der Waals surface area contributed by atoms with Gasteiger partial charge in [0, 0.05) is 6.42 Å². The predicted octanol–water partition coefficient (Wildman–Crippen LogP) is 4.91. The van der Waals surface area contributed by atoms with Gasteiger partial charge in [-0.1, -0.05) is 13.8 Å². The lowest BCUT2D eigenvalue weighted by Crippen LogP contribution is -2.61. The first kappa shape index (κ1) is 17.9. The van der Waals surface area contributed by atoms with E-state index in [9.17, 15) is 5.11 Å². The molecule has 3 nitrogen and oxygen atoms in total. The van der Waals surface area contributed by atoms with Crippen LogP contribution in [0.4, 0.5) is 0 Å². The third-order valence-corrected chi connectivity index (χ3v) is 9.91. The van der Waals surface area contributed by atoms with Gasteiger partial charge < -0.3 is 14.6 Å². The summed E-state index contributed by atoms with van der Waals surface area (Å²) in [6.45, 7) is 6.53. The summed E-state index contributed by atoms with van der Waals surface area (Å²) < 4.78 is 11.5. The zero-order chi connectivity index (χ0) is 18.0. The second-order valence-electron chi connectivity index (χ2n) is 10.9. The molecule has 1 N–H and O–H groups in total. The van der Waals surface area contributed by atoms with Crippen LogP contribution >= 0.6 is 0 Å². The Morgan fingerprint density at radius 3 is 2.46 bits per heavy atom. The molecule has 0 aromatic heterocycles. The van der Waals surface area contributed by atoms with Crippen LogP contribution in [0.3, 0.4) is 0 Å². The molecule has 0 bridgehead atoms. The summed E-state index contributed by atoms with van der Waals surface area (Å²) in [4.78, 5) is 0. The van der Waals surface area contributed by atoms with Crippen molar-refractivity contribution < 1.29 is 14.6 Å². The minimum Gasteiger partial charge on any atom is -0.389 e. The molecule has 3 heteroatoms. The van der Waals surface area contributed by atoms with Crippen LogP contribution < -0.4 is 0 Å². The van der Waals surface area contributed by atoms with Gasteiger partial charge in [-0.25, -0.2) is 0 Å². The van der Waals surface area contributed by atoms with Crippen LogP contribution in [0.25, 0.3) is 0 Å². The van der Waals surface area contributed by atoms with Gasteiger partial charge in [0.05, 0.1) is 18.8 Å². The molecule has 148 valence electrons. The number of hydrogen-bond acceptors (Lipinski definition) is 3. The van der Waals surface area contributed by atoms with Crippen LogP contribution in [-0.4, -0.2) is 30.2 Å². The van der Waals surface area contributed by atoms with E-state index < -0.39 is 0 Å². The van der Waals surface area contributed by atoms with Gasteiger partial charge in [0.1, 0.15) is 0 Å². The Kier molecular flexibility index (Phi) is 4.27. The van der Waals surface area contributed by atoms with Gasteiger partial charge in [0.2, 0.25) is 0 Å². The summed E-state index contributed by atoms with van der Waals surface area (Å²) in [6.07, 6.45) is 13.9. The summed E-state index contributed by atoms with van der Waals surface area (Å²) in [6, 6.07) is 0. The maximum absolute atomic E-state index is 11.8. The van der Waals surface area contributed by atoms with E-state index in [-0.39, 0.29) is 17.3 Å². The zero-order valence-corrected chi connectivity index (χ0v) is 16.8. The van der Waals surface area contributed by atoms with Crippen molar-refractivity contribution in [1.29, 1.82) is 0 Å². The fourth-order valence-corrected chi connectivity index (χ4v) is 8.46. The molecule has 1 aliphatic heterocycles. The summed E-state index contributed by atoms with van der Waals surface area (Å²) >= 11 is 0. The van der Waals surface area contributed by atoms with Gasteiger partial charge in [0.15, 0.2) is 6.29 Å². The van der Waals surface area contributed by atoms with E-state index in [1.54, 1.807) is 0 Å². The van der Waals surface area contributed by atoms with Gasteiger partial charge in [-0.2, -0.15) is 0 Å². The average Bonchev–Trinajstić information content (AvgIpc) is 3.21. The molecule has 5 fully saturated rings. The van der Waals surface area contributed by atoms with Gasteiger partial charge in [-0.15, -0.1) is 0 Å². The van der Waals surface area contributed by atoms with Crippen LogP contribution in [0.1, 0.15) is 84.5 Å². The monoisotopic (exact) mass is 362 g/mol. The van der Waals surface area contributed by atoms with Crippen molar-refractivity contribution in [3.63, 3.8) is 0 Å². The van der Waals surface area contributed by atoms with Crippen molar-refractivity contribution in [3.8, 4) is 0 Å². The summed E-state index contributed by atoms with van der Waals surface area (Å²) in [5.41, 5.74) is 0.232. The highest BCUT2D eigenvalue weighted by molar-refractivity contribution is 5.14. The largest absolute Gasteiger partial charge is 0.389 e. The second-order valence-corrected chi connectivity index (χ2v) is 10.9. The minimum absolute atomic E-state index is 0.0493. The topological polar surface area (TPSA) is 38.7 Å². The van der Waals surface area contributed by atoms with Crippen LogP contribution in [0.5, 0.6) is 0 Å². The summed E-state index contributed by atoms with van der Waals surface area (Å²) in [5, 5.41) is 11.8. The average molecular weight is 363 g/mol. The lowest BCUT2D eigenvalue weighted by Gasteiger charge is -2.63.